The summed E-state index contributed by atoms with van der Waals surface area (Å²) >= 11 is 0. The largest absolute Gasteiger partial charge is 0.379 e. The summed E-state index contributed by atoms with van der Waals surface area (Å²) in [4.78, 5) is 15.3. The van der Waals surface area contributed by atoms with Crippen molar-refractivity contribution in [2.24, 2.45) is 0 Å². The first-order valence-corrected chi connectivity index (χ1v) is 9.16. The fraction of sp³-hybridized carbons (Fsp3) is 0.944. The molecule has 1 heterocycles. The Bertz CT molecular complexity index is 304. The number of ether oxygens (including phenoxy) is 1. The minimum atomic E-state index is -0.118. The lowest BCUT2D eigenvalue weighted by Crippen LogP contribution is -2.56. The summed E-state index contributed by atoms with van der Waals surface area (Å²) in [5, 5.41) is 0. The normalized spacial score (nSPS) is 22.5. The molecule has 0 aromatic carbocycles. The first-order valence-electron chi connectivity index (χ1n) is 9.16. The third-order valence-electron chi connectivity index (χ3n) is 5.32. The van der Waals surface area contributed by atoms with Crippen molar-refractivity contribution >= 4 is 5.78 Å². The fourth-order valence-corrected chi connectivity index (χ4v) is 4.02. The Hall–Kier alpha value is -0.410. The van der Waals surface area contributed by atoms with Crippen molar-refractivity contribution in [3.05, 3.63) is 0 Å². The molecule has 0 bridgehead atoms. The van der Waals surface area contributed by atoms with Gasteiger partial charge in [-0.1, -0.05) is 51.9 Å². The molecule has 2 rings (SSSR count). The Morgan fingerprint density at radius 2 is 1.62 bits per heavy atom. The second-order valence-electron chi connectivity index (χ2n) is 6.78. The van der Waals surface area contributed by atoms with E-state index in [9.17, 15) is 4.79 Å². The maximum atomic E-state index is 12.9. The van der Waals surface area contributed by atoms with Gasteiger partial charge >= 0.3 is 0 Å². The molecule has 0 unspecified atom stereocenters. The second kappa shape index (κ2) is 8.89. The van der Waals surface area contributed by atoms with E-state index in [4.69, 9.17) is 4.74 Å². The molecule has 0 amide bonds. The molecular formula is C18H33NO2. The van der Waals surface area contributed by atoms with Crippen LogP contribution in [0.15, 0.2) is 0 Å². The Balaban J connectivity index is 1.79. The van der Waals surface area contributed by atoms with E-state index < -0.39 is 0 Å². The molecular weight excluding hydrogens is 262 g/mol. The average Bonchev–Trinajstić information content (AvgIpc) is 3.02. The lowest BCUT2D eigenvalue weighted by Gasteiger charge is -2.42. The summed E-state index contributed by atoms with van der Waals surface area (Å²) in [5.41, 5.74) is -0.118. The van der Waals surface area contributed by atoms with Gasteiger partial charge in [-0.15, -0.1) is 0 Å². The van der Waals surface area contributed by atoms with Gasteiger partial charge in [0.2, 0.25) is 0 Å². The lowest BCUT2D eigenvalue weighted by molar-refractivity contribution is -0.134. The molecule has 0 radical (unpaired) electrons. The number of nitrogens with zero attached hydrogens (tertiary/aromatic N) is 1. The third-order valence-corrected chi connectivity index (χ3v) is 5.32. The van der Waals surface area contributed by atoms with Gasteiger partial charge in [-0.3, -0.25) is 9.69 Å². The molecule has 21 heavy (non-hydrogen) atoms. The van der Waals surface area contributed by atoms with Crippen LogP contribution in [0.5, 0.6) is 0 Å². The van der Waals surface area contributed by atoms with Crippen LogP contribution < -0.4 is 0 Å². The van der Waals surface area contributed by atoms with Crippen molar-refractivity contribution in [1.29, 1.82) is 0 Å². The molecule has 1 saturated heterocycles. The fourth-order valence-electron chi connectivity index (χ4n) is 4.02. The second-order valence-corrected chi connectivity index (χ2v) is 6.78. The number of unbranched alkanes of at least 4 members (excludes halogenated alkanes) is 5. The van der Waals surface area contributed by atoms with Crippen LogP contribution in [0.1, 0.15) is 77.6 Å². The van der Waals surface area contributed by atoms with Crippen LogP contribution in [0.2, 0.25) is 0 Å². The van der Waals surface area contributed by atoms with Crippen molar-refractivity contribution < 1.29 is 9.53 Å². The first kappa shape index (κ1) is 17.0. The Morgan fingerprint density at radius 1 is 1.00 bits per heavy atom. The van der Waals surface area contributed by atoms with E-state index in [1.54, 1.807) is 0 Å². The zero-order chi connectivity index (χ0) is 15.0. The molecule has 1 aliphatic carbocycles. The zero-order valence-electron chi connectivity index (χ0n) is 13.9. The van der Waals surface area contributed by atoms with Crippen LogP contribution in [0.4, 0.5) is 0 Å². The number of Topliss-reactive ketones (excluding diaryl/α,β-unsaturated/α-hetero) is 1. The van der Waals surface area contributed by atoms with Gasteiger partial charge < -0.3 is 4.74 Å². The van der Waals surface area contributed by atoms with E-state index in [0.717, 1.165) is 52.0 Å². The summed E-state index contributed by atoms with van der Waals surface area (Å²) in [7, 11) is 0. The predicted molar refractivity (Wildman–Crippen MR) is 86.6 cm³/mol. The number of carbonyl (C=O) groups excluding carboxylic acids is 1. The summed E-state index contributed by atoms with van der Waals surface area (Å²) in [6, 6.07) is 0. The summed E-state index contributed by atoms with van der Waals surface area (Å²) < 4.78 is 5.47. The molecule has 0 atom stereocenters. The average molecular weight is 295 g/mol. The van der Waals surface area contributed by atoms with Gasteiger partial charge in [0.15, 0.2) is 5.78 Å². The highest BCUT2D eigenvalue weighted by Gasteiger charge is 2.45. The van der Waals surface area contributed by atoms with Gasteiger partial charge in [-0.2, -0.15) is 0 Å². The quantitative estimate of drug-likeness (QED) is 0.603. The summed E-state index contributed by atoms with van der Waals surface area (Å²) in [6.07, 6.45) is 13.0. The molecule has 2 fully saturated rings. The van der Waals surface area contributed by atoms with Gasteiger partial charge in [-0.25, -0.2) is 0 Å². The number of hydrogen-bond acceptors (Lipinski definition) is 3. The number of ketones is 1. The molecule has 1 saturated carbocycles. The minimum Gasteiger partial charge on any atom is -0.379 e. The molecule has 0 spiro atoms. The molecule has 3 nitrogen and oxygen atoms in total. The molecule has 2 aliphatic rings. The van der Waals surface area contributed by atoms with Gasteiger partial charge in [-0.05, 0) is 19.3 Å². The van der Waals surface area contributed by atoms with Crippen LogP contribution in [0, 0.1) is 0 Å². The molecule has 1 aliphatic heterocycles. The van der Waals surface area contributed by atoms with Crippen LogP contribution in [0.3, 0.4) is 0 Å². The van der Waals surface area contributed by atoms with E-state index in [0.29, 0.717) is 5.78 Å². The maximum Gasteiger partial charge on any atom is 0.153 e. The number of carbonyl (C=O) groups is 1. The Kier molecular flexibility index (Phi) is 7.18. The molecule has 0 N–H and O–H groups in total. The predicted octanol–water partition coefficient (Wildman–Crippen LogP) is 3.95. The van der Waals surface area contributed by atoms with Crippen molar-refractivity contribution in [3.8, 4) is 0 Å². The number of hydrogen-bond donors (Lipinski definition) is 0. The topological polar surface area (TPSA) is 29.5 Å². The van der Waals surface area contributed by atoms with Gasteiger partial charge in [0.05, 0.1) is 18.8 Å². The van der Waals surface area contributed by atoms with E-state index in [-0.39, 0.29) is 5.54 Å². The smallest absolute Gasteiger partial charge is 0.153 e. The van der Waals surface area contributed by atoms with E-state index in [1.165, 1.54) is 44.9 Å². The lowest BCUT2D eigenvalue weighted by atomic mass is 9.86. The molecule has 3 heteroatoms. The van der Waals surface area contributed by atoms with Crippen molar-refractivity contribution in [2.75, 3.05) is 26.3 Å². The molecule has 0 aromatic heterocycles. The minimum absolute atomic E-state index is 0.118. The summed E-state index contributed by atoms with van der Waals surface area (Å²) in [5.74, 6) is 0.525. The van der Waals surface area contributed by atoms with Crippen LogP contribution in [-0.4, -0.2) is 42.5 Å². The van der Waals surface area contributed by atoms with E-state index >= 15 is 0 Å². The highest BCUT2D eigenvalue weighted by atomic mass is 16.5. The molecule has 0 aromatic rings. The summed E-state index contributed by atoms with van der Waals surface area (Å²) in [6.45, 7) is 5.73. The van der Waals surface area contributed by atoms with Crippen LogP contribution in [-0.2, 0) is 9.53 Å². The van der Waals surface area contributed by atoms with Gasteiger partial charge in [0, 0.05) is 19.5 Å². The first-order chi connectivity index (χ1) is 10.3. The standard InChI is InChI=1S/C18H33NO2/c1-2-3-4-5-6-7-10-17(20)18(11-8-9-12-18)19-13-15-21-16-14-19/h2-16H2,1H3. The van der Waals surface area contributed by atoms with Gasteiger partial charge in [0.1, 0.15) is 0 Å². The van der Waals surface area contributed by atoms with E-state index in [1.807, 2.05) is 0 Å². The third kappa shape index (κ3) is 4.53. The monoisotopic (exact) mass is 295 g/mol. The van der Waals surface area contributed by atoms with Gasteiger partial charge in [0.25, 0.3) is 0 Å². The van der Waals surface area contributed by atoms with Crippen molar-refractivity contribution in [3.63, 3.8) is 0 Å². The zero-order valence-corrected chi connectivity index (χ0v) is 13.9. The maximum absolute atomic E-state index is 12.9. The number of rotatable bonds is 9. The Labute approximate surface area is 130 Å². The Morgan fingerprint density at radius 3 is 2.29 bits per heavy atom. The highest BCUT2D eigenvalue weighted by molar-refractivity contribution is 5.88. The van der Waals surface area contributed by atoms with Crippen molar-refractivity contribution in [1.82, 2.24) is 4.90 Å². The van der Waals surface area contributed by atoms with Crippen LogP contribution >= 0.6 is 0 Å². The van der Waals surface area contributed by atoms with E-state index in [2.05, 4.69) is 11.8 Å². The molecule has 122 valence electrons. The highest BCUT2D eigenvalue weighted by Crippen LogP contribution is 2.37. The number of morpholine rings is 1. The SMILES string of the molecule is CCCCCCCCC(=O)C1(N2CCOCC2)CCCC1. The van der Waals surface area contributed by atoms with Crippen LogP contribution in [0.25, 0.3) is 0 Å². The van der Waals surface area contributed by atoms with Crippen molar-refractivity contribution in [2.45, 2.75) is 83.1 Å².